The molecule has 1 N–H and O–H groups in total. The van der Waals surface area contributed by atoms with Crippen molar-refractivity contribution in [1.29, 1.82) is 0 Å². The van der Waals surface area contributed by atoms with Crippen LogP contribution in [-0.2, 0) is 4.79 Å². The summed E-state index contributed by atoms with van der Waals surface area (Å²) in [5.74, 6) is -0.123. The lowest BCUT2D eigenvalue weighted by molar-refractivity contribution is -0.118. The average molecular weight is 207 g/mol. The number of halogens is 1. The number of carbonyl (C=O) groups is 1. The molecule has 0 heterocycles. The Morgan fingerprint density at radius 2 is 2.00 bits per heavy atom. The van der Waals surface area contributed by atoms with Crippen molar-refractivity contribution in [2.75, 3.05) is 20.6 Å². The topological polar surface area (TPSA) is 32.3 Å². The van der Waals surface area contributed by atoms with Crippen molar-refractivity contribution >= 4 is 18.3 Å². The van der Waals surface area contributed by atoms with Crippen LogP contribution in [0.15, 0.2) is 12.7 Å². The maximum atomic E-state index is 11.0. The molecule has 13 heavy (non-hydrogen) atoms. The predicted molar refractivity (Wildman–Crippen MR) is 58.2 cm³/mol. The summed E-state index contributed by atoms with van der Waals surface area (Å²) in [5.41, 5.74) is -0.200. The van der Waals surface area contributed by atoms with Gasteiger partial charge in [-0.15, -0.1) is 12.4 Å². The summed E-state index contributed by atoms with van der Waals surface area (Å²) in [6.45, 7) is 8.17. The molecule has 0 aromatic rings. The van der Waals surface area contributed by atoms with Crippen LogP contribution in [0.2, 0.25) is 0 Å². The van der Waals surface area contributed by atoms with E-state index in [1.54, 1.807) is 0 Å². The molecule has 0 aromatic heterocycles. The minimum absolute atomic E-state index is 0. The molecule has 0 unspecified atom stereocenters. The maximum absolute atomic E-state index is 11.0. The Labute approximate surface area is 86.6 Å². The van der Waals surface area contributed by atoms with Gasteiger partial charge >= 0.3 is 0 Å². The molecule has 0 spiro atoms. The summed E-state index contributed by atoms with van der Waals surface area (Å²) >= 11 is 0. The van der Waals surface area contributed by atoms with Crippen LogP contribution in [0.5, 0.6) is 0 Å². The van der Waals surface area contributed by atoms with Gasteiger partial charge in [0.15, 0.2) is 0 Å². The largest absolute Gasteiger partial charge is 0.346 e. The molecular formula is C9H19ClN2O. The van der Waals surface area contributed by atoms with Crippen molar-refractivity contribution in [3.8, 4) is 0 Å². The minimum Gasteiger partial charge on any atom is -0.346 e. The van der Waals surface area contributed by atoms with Crippen molar-refractivity contribution in [2.24, 2.45) is 0 Å². The molecule has 0 saturated heterocycles. The van der Waals surface area contributed by atoms with Crippen molar-refractivity contribution in [3.05, 3.63) is 12.7 Å². The van der Waals surface area contributed by atoms with Gasteiger partial charge < -0.3 is 10.2 Å². The molecular weight excluding hydrogens is 188 g/mol. The molecule has 3 nitrogen and oxygen atoms in total. The first-order chi connectivity index (χ1) is 5.37. The molecule has 0 aliphatic rings. The third-order valence-electron chi connectivity index (χ3n) is 1.36. The summed E-state index contributed by atoms with van der Waals surface area (Å²) in [4.78, 5) is 13.0. The fraction of sp³-hybridized carbons (Fsp3) is 0.667. The number of nitrogens with one attached hydrogen (secondary N) is 1. The maximum Gasteiger partial charge on any atom is 0.243 e. The lowest BCUT2D eigenvalue weighted by Gasteiger charge is -2.28. The van der Waals surface area contributed by atoms with Crippen LogP contribution in [0, 0.1) is 0 Å². The third kappa shape index (κ3) is 7.81. The Hall–Kier alpha value is -0.540. The van der Waals surface area contributed by atoms with Crippen LogP contribution in [0.3, 0.4) is 0 Å². The molecule has 0 rings (SSSR count). The zero-order valence-electron chi connectivity index (χ0n) is 8.76. The molecule has 0 fully saturated rings. The van der Waals surface area contributed by atoms with Gasteiger partial charge in [-0.05, 0) is 34.0 Å². The summed E-state index contributed by atoms with van der Waals surface area (Å²) < 4.78 is 0. The number of amides is 1. The van der Waals surface area contributed by atoms with Crippen molar-refractivity contribution in [1.82, 2.24) is 10.2 Å². The van der Waals surface area contributed by atoms with Crippen molar-refractivity contribution < 1.29 is 4.79 Å². The highest BCUT2D eigenvalue weighted by Gasteiger charge is 2.19. The molecule has 0 saturated carbocycles. The van der Waals surface area contributed by atoms with Gasteiger partial charge in [0, 0.05) is 12.1 Å². The van der Waals surface area contributed by atoms with Gasteiger partial charge in [0.05, 0.1) is 0 Å². The first-order valence-electron chi connectivity index (χ1n) is 3.97. The van der Waals surface area contributed by atoms with E-state index in [0.717, 1.165) is 6.54 Å². The van der Waals surface area contributed by atoms with Gasteiger partial charge in [0.25, 0.3) is 0 Å². The van der Waals surface area contributed by atoms with Crippen LogP contribution in [0.4, 0.5) is 0 Å². The van der Waals surface area contributed by atoms with E-state index in [9.17, 15) is 4.79 Å². The van der Waals surface area contributed by atoms with E-state index in [2.05, 4.69) is 11.9 Å². The highest BCUT2D eigenvalue weighted by atomic mass is 35.5. The van der Waals surface area contributed by atoms with Crippen molar-refractivity contribution in [3.63, 3.8) is 0 Å². The summed E-state index contributed by atoms with van der Waals surface area (Å²) in [6, 6.07) is 0. The first-order valence-corrected chi connectivity index (χ1v) is 3.97. The Morgan fingerprint density at radius 1 is 1.54 bits per heavy atom. The van der Waals surface area contributed by atoms with Crippen LogP contribution in [0.1, 0.15) is 13.8 Å². The van der Waals surface area contributed by atoms with E-state index in [4.69, 9.17) is 0 Å². The highest BCUT2D eigenvalue weighted by molar-refractivity contribution is 5.87. The molecule has 0 aliphatic heterocycles. The minimum atomic E-state index is -0.200. The van der Waals surface area contributed by atoms with Crippen LogP contribution in [-0.4, -0.2) is 37.0 Å². The predicted octanol–water partition coefficient (Wildman–Crippen LogP) is 1.05. The SMILES string of the molecule is C=CC(=O)NC(C)(C)CN(C)C.Cl. The van der Waals surface area contributed by atoms with Gasteiger partial charge in [0.1, 0.15) is 0 Å². The number of likely N-dealkylation sites (N-methyl/N-ethyl adjacent to an activating group) is 1. The van der Waals surface area contributed by atoms with Gasteiger partial charge in [-0.3, -0.25) is 4.79 Å². The number of hydrogen-bond donors (Lipinski definition) is 1. The molecule has 0 atom stereocenters. The Balaban J connectivity index is 0. The zero-order valence-corrected chi connectivity index (χ0v) is 9.57. The molecule has 1 amide bonds. The van der Waals surface area contributed by atoms with Gasteiger partial charge in [-0.2, -0.15) is 0 Å². The lowest BCUT2D eigenvalue weighted by atomic mass is 10.1. The quantitative estimate of drug-likeness (QED) is 0.698. The van der Waals surface area contributed by atoms with Crippen LogP contribution < -0.4 is 5.32 Å². The highest BCUT2D eigenvalue weighted by Crippen LogP contribution is 2.02. The van der Waals surface area contributed by atoms with E-state index < -0.39 is 0 Å². The molecule has 78 valence electrons. The second-order valence-electron chi connectivity index (χ2n) is 3.82. The second-order valence-corrected chi connectivity index (χ2v) is 3.82. The third-order valence-corrected chi connectivity index (χ3v) is 1.36. The van der Waals surface area contributed by atoms with Crippen LogP contribution >= 0.6 is 12.4 Å². The molecule has 0 bridgehead atoms. The number of hydrogen-bond acceptors (Lipinski definition) is 2. The van der Waals surface area contributed by atoms with E-state index in [1.807, 2.05) is 32.8 Å². The van der Waals surface area contributed by atoms with Crippen LogP contribution in [0.25, 0.3) is 0 Å². The van der Waals surface area contributed by atoms with E-state index in [0.29, 0.717) is 0 Å². The number of carbonyl (C=O) groups excluding carboxylic acids is 1. The monoisotopic (exact) mass is 206 g/mol. The zero-order chi connectivity index (χ0) is 9.78. The number of nitrogens with zero attached hydrogens (tertiary/aromatic N) is 1. The van der Waals surface area contributed by atoms with Gasteiger partial charge in [0.2, 0.25) is 5.91 Å². The number of rotatable bonds is 4. The molecule has 0 aromatic carbocycles. The molecule has 0 aliphatic carbocycles. The van der Waals surface area contributed by atoms with E-state index in [-0.39, 0.29) is 23.9 Å². The Morgan fingerprint density at radius 3 is 2.31 bits per heavy atom. The van der Waals surface area contributed by atoms with Gasteiger partial charge in [-0.25, -0.2) is 0 Å². The lowest BCUT2D eigenvalue weighted by Crippen LogP contribution is -2.49. The molecule has 4 heteroatoms. The molecule has 0 radical (unpaired) electrons. The standard InChI is InChI=1S/C9H18N2O.ClH/c1-6-8(12)10-9(2,3)7-11(4)5;/h6H,1,7H2,2-5H3,(H,10,12);1H. The average Bonchev–Trinajstić information content (AvgIpc) is 1.83. The normalized spacial score (nSPS) is 10.5. The Bertz CT molecular complexity index is 178. The fourth-order valence-corrected chi connectivity index (χ4v) is 1.21. The van der Waals surface area contributed by atoms with Crippen molar-refractivity contribution in [2.45, 2.75) is 19.4 Å². The Kier molecular flexibility index (Phi) is 6.90. The summed E-state index contributed by atoms with van der Waals surface area (Å²) in [7, 11) is 3.95. The summed E-state index contributed by atoms with van der Waals surface area (Å²) in [5, 5.41) is 2.84. The van der Waals surface area contributed by atoms with E-state index in [1.165, 1.54) is 6.08 Å². The first kappa shape index (κ1) is 15.0. The smallest absolute Gasteiger partial charge is 0.243 e. The summed E-state index contributed by atoms with van der Waals surface area (Å²) in [6.07, 6.45) is 1.29. The van der Waals surface area contributed by atoms with E-state index >= 15 is 0 Å². The fourth-order valence-electron chi connectivity index (χ4n) is 1.21. The van der Waals surface area contributed by atoms with Gasteiger partial charge in [-0.1, -0.05) is 6.58 Å². The second kappa shape index (κ2) is 6.00.